The van der Waals surface area contributed by atoms with Crippen LogP contribution in [0.4, 0.5) is 0 Å². The molecule has 14 heavy (non-hydrogen) atoms. The van der Waals surface area contributed by atoms with Crippen LogP contribution in [0.1, 0.15) is 25.0 Å². The maximum Gasteiger partial charge on any atom is 0.231 e. The van der Waals surface area contributed by atoms with Crippen molar-refractivity contribution >= 4 is 16.8 Å². The fourth-order valence-corrected chi connectivity index (χ4v) is 1.20. The molecule has 0 N–H and O–H groups in total. The molecule has 3 heteroatoms. The molecule has 0 aliphatic carbocycles. The fraction of sp³-hybridized carbons (Fsp3) is 0.273. The number of nitrogens with zero attached hydrogens (tertiary/aromatic N) is 1. The summed E-state index contributed by atoms with van der Waals surface area (Å²) in [4.78, 5) is 11.1. The van der Waals surface area contributed by atoms with Gasteiger partial charge in [-0.05, 0) is 43.1 Å². The lowest BCUT2D eigenvalue weighted by molar-refractivity contribution is -0.115. The van der Waals surface area contributed by atoms with Crippen LogP contribution in [-0.2, 0) is 10.2 Å². The molecule has 0 fully saturated rings. The zero-order chi connectivity index (χ0) is 10.8. The predicted molar refractivity (Wildman–Crippen MR) is 55.0 cm³/mol. The van der Waals surface area contributed by atoms with Gasteiger partial charge in [0.1, 0.15) is 0 Å². The van der Waals surface area contributed by atoms with E-state index in [-0.39, 0.29) is 0 Å². The third-order valence-corrected chi connectivity index (χ3v) is 2.68. The summed E-state index contributed by atoms with van der Waals surface area (Å²) in [7, 11) is 0. The molecule has 0 atom stereocenters. The number of hydrogen-bond acceptors (Lipinski definition) is 2. The first-order valence-corrected chi connectivity index (χ1v) is 4.57. The Labute approximate surface area is 88.1 Å². The van der Waals surface area contributed by atoms with Gasteiger partial charge < -0.3 is 0 Å². The van der Waals surface area contributed by atoms with Gasteiger partial charge in [-0.2, -0.15) is 5.26 Å². The van der Waals surface area contributed by atoms with Crippen molar-refractivity contribution < 1.29 is 4.79 Å². The lowest BCUT2D eigenvalue weighted by Crippen LogP contribution is -2.24. The Hall–Kier alpha value is -1.33. The van der Waals surface area contributed by atoms with Crippen LogP contribution in [0.15, 0.2) is 24.3 Å². The minimum atomic E-state index is -0.742. The fourth-order valence-electron chi connectivity index (χ4n) is 1.09. The van der Waals surface area contributed by atoms with Gasteiger partial charge in [0.05, 0.1) is 17.0 Å². The summed E-state index contributed by atoms with van der Waals surface area (Å²) in [5.41, 5.74) is 0.555. The molecule has 0 saturated heterocycles. The van der Waals surface area contributed by atoms with Gasteiger partial charge in [0.15, 0.2) is 0 Å². The van der Waals surface area contributed by atoms with E-state index < -0.39 is 10.7 Å². The van der Waals surface area contributed by atoms with Crippen molar-refractivity contribution in [1.29, 1.82) is 5.26 Å². The molecule has 0 radical (unpaired) electrons. The first-order chi connectivity index (χ1) is 6.48. The highest BCUT2D eigenvalue weighted by atomic mass is 35.5. The van der Waals surface area contributed by atoms with Gasteiger partial charge in [0, 0.05) is 0 Å². The highest BCUT2D eigenvalue weighted by Gasteiger charge is 2.28. The molecule has 2 nitrogen and oxygen atoms in total. The normalized spacial score (nSPS) is 10.7. The molecular weight excluding hydrogens is 198 g/mol. The summed E-state index contributed by atoms with van der Waals surface area (Å²) in [5.74, 6) is 0. The monoisotopic (exact) mass is 207 g/mol. The molecule has 1 aromatic carbocycles. The molecule has 0 aliphatic rings. The number of rotatable bonds is 2. The SMILES string of the molecule is CC(C)(C(=O)Cl)c1cccc(C#N)c1. The van der Waals surface area contributed by atoms with Gasteiger partial charge in [-0.1, -0.05) is 12.1 Å². The second-order valence-electron chi connectivity index (χ2n) is 3.59. The number of carbonyl (C=O) groups is 1. The van der Waals surface area contributed by atoms with Crippen molar-refractivity contribution in [2.24, 2.45) is 0 Å². The number of carbonyl (C=O) groups excluding carboxylic acids is 1. The molecule has 0 aliphatic heterocycles. The number of hydrogen-bond donors (Lipinski definition) is 0. The summed E-state index contributed by atoms with van der Waals surface area (Å²) in [6.07, 6.45) is 0. The third kappa shape index (κ3) is 1.94. The lowest BCUT2D eigenvalue weighted by Gasteiger charge is -2.19. The van der Waals surface area contributed by atoms with Crippen LogP contribution in [-0.4, -0.2) is 5.24 Å². The summed E-state index contributed by atoms with van der Waals surface area (Å²) in [6.45, 7) is 3.47. The van der Waals surface area contributed by atoms with Gasteiger partial charge in [-0.15, -0.1) is 0 Å². The van der Waals surface area contributed by atoms with Crippen LogP contribution in [0, 0.1) is 11.3 Å². The Morgan fingerprint density at radius 3 is 2.64 bits per heavy atom. The lowest BCUT2D eigenvalue weighted by atomic mass is 9.85. The Balaban J connectivity index is 3.21. The molecule has 0 spiro atoms. The third-order valence-electron chi connectivity index (χ3n) is 2.20. The maximum atomic E-state index is 11.1. The molecule has 1 rings (SSSR count). The molecule has 72 valence electrons. The topological polar surface area (TPSA) is 40.9 Å². The van der Waals surface area contributed by atoms with E-state index in [0.29, 0.717) is 5.56 Å². The standard InChI is InChI=1S/C11H10ClNO/c1-11(2,10(12)14)9-5-3-4-8(6-9)7-13/h3-6H,1-2H3. The summed E-state index contributed by atoms with van der Waals surface area (Å²) < 4.78 is 0. The highest BCUT2D eigenvalue weighted by molar-refractivity contribution is 6.65. The van der Waals surface area contributed by atoms with Crippen LogP contribution in [0.2, 0.25) is 0 Å². The first-order valence-electron chi connectivity index (χ1n) is 4.19. The molecule has 1 aromatic rings. The molecule has 0 amide bonds. The van der Waals surface area contributed by atoms with Crippen molar-refractivity contribution in [1.82, 2.24) is 0 Å². The van der Waals surface area contributed by atoms with Crippen molar-refractivity contribution in [2.45, 2.75) is 19.3 Å². The van der Waals surface area contributed by atoms with E-state index in [9.17, 15) is 4.79 Å². The van der Waals surface area contributed by atoms with Gasteiger partial charge in [0.25, 0.3) is 0 Å². The van der Waals surface area contributed by atoms with Crippen LogP contribution in [0.3, 0.4) is 0 Å². The minimum Gasteiger partial charge on any atom is -0.280 e. The van der Waals surface area contributed by atoms with E-state index in [2.05, 4.69) is 0 Å². The van der Waals surface area contributed by atoms with E-state index in [0.717, 1.165) is 5.56 Å². The van der Waals surface area contributed by atoms with Gasteiger partial charge >= 0.3 is 0 Å². The maximum absolute atomic E-state index is 11.1. The van der Waals surface area contributed by atoms with Gasteiger partial charge in [-0.25, -0.2) is 0 Å². The smallest absolute Gasteiger partial charge is 0.231 e. The van der Waals surface area contributed by atoms with Crippen LogP contribution in [0.5, 0.6) is 0 Å². The summed E-state index contributed by atoms with van der Waals surface area (Å²) in [6, 6.07) is 8.94. The molecule has 0 aromatic heterocycles. The van der Waals surface area contributed by atoms with Crippen LogP contribution >= 0.6 is 11.6 Å². The number of nitriles is 1. The zero-order valence-corrected chi connectivity index (χ0v) is 8.80. The van der Waals surface area contributed by atoms with Crippen molar-refractivity contribution in [3.05, 3.63) is 35.4 Å². The Morgan fingerprint density at radius 1 is 1.50 bits per heavy atom. The second-order valence-corrected chi connectivity index (χ2v) is 3.93. The van der Waals surface area contributed by atoms with E-state index in [1.165, 1.54) is 0 Å². The summed E-state index contributed by atoms with van der Waals surface area (Å²) in [5, 5.41) is 8.27. The van der Waals surface area contributed by atoms with E-state index in [1.54, 1.807) is 38.1 Å². The largest absolute Gasteiger partial charge is 0.280 e. The quantitative estimate of drug-likeness (QED) is 0.700. The Kier molecular flexibility index (Phi) is 2.93. The molecule has 0 saturated carbocycles. The second kappa shape index (κ2) is 3.81. The molecule has 0 bridgehead atoms. The number of benzene rings is 1. The average Bonchev–Trinajstić information content (AvgIpc) is 2.17. The Bertz CT molecular complexity index is 404. The number of halogens is 1. The first kappa shape index (κ1) is 10.7. The highest BCUT2D eigenvalue weighted by Crippen LogP contribution is 2.26. The van der Waals surface area contributed by atoms with E-state index in [1.807, 2.05) is 6.07 Å². The molecule has 0 heterocycles. The van der Waals surface area contributed by atoms with Crippen molar-refractivity contribution in [3.8, 4) is 6.07 Å². The van der Waals surface area contributed by atoms with Crippen molar-refractivity contribution in [3.63, 3.8) is 0 Å². The van der Waals surface area contributed by atoms with Crippen LogP contribution < -0.4 is 0 Å². The predicted octanol–water partition coefficient (Wildman–Crippen LogP) is 2.60. The molecule has 0 unspecified atom stereocenters. The van der Waals surface area contributed by atoms with E-state index in [4.69, 9.17) is 16.9 Å². The molecular formula is C11H10ClNO. The van der Waals surface area contributed by atoms with Crippen molar-refractivity contribution in [2.75, 3.05) is 0 Å². The van der Waals surface area contributed by atoms with Gasteiger partial charge in [0.2, 0.25) is 5.24 Å². The zero-order valence-electron chi connectivity index (χ0n) is 8.04. The minimum absolute atomic E-state index is 0.424. The van der Waals surface area contributed by atoms with Crippen LogP contribution in [0.25, 0.3) is 0 Å². The van der Waals surface area contributed by atoms with E-state index >= 15 is 0 Å². The Morgan fingerprint density at radius 2 is 2.14 bits per heavy atom. The van der Waals surface area contributed by atoms with Gasteiger partial charge in [-0.3, -0.25) is 4.79 Å². The summed E-state index contributed by atoms with van der Waals surface area (Å²) >= 11 is 5.48. The average molecular weight is 208 g/mol.